The zero-order chi connectivity index (χ0) is 21.2. The molecule has 6 nitrogen and oxygen atoms in total. The molecule has 0 bridgehead atoms. The van der Waals surface area contributed by atoms with E-state index in [9.17, 15) is 0 Å². The summed E-state index contributed by atoms with van der Waals surface area (Å²) < 4.78 is 17.0. The van der Waals surface area contributed by atoms with E-state index >= 15 is 0 Å². The van der Waals surface area contributed by atoms with Crippen LogP contribution in [0.4, 0.5) is 0 Å². The van der Waals surface area contributed by atoms with Crippen molar-refractivity contribution in [2.45, 2.75) is 26.0 Å². The number of aliphatic imine (C=N–C) groups is 1. The van der Waals surface area contributed by atoms with Crippen molar-refractivity contribution in [3.63, 3.8) is 0 Å². The maximum absolute atomic E-state index is 5.99. The van der Waals surface area contributed by atoms with Gasteiger partial charge < -0.3 is 24.8 Å². The van der Waals surface area contributed by atoms with Crippen LogP contribution < -0.4 is 15.4 Å². The number of hydrogen-bond acceptors (Lipinski definition) is 4. The van der Waals surface area contributed by atoms with Crippen LogP contribution in [0.25, 0.3) is 0 Å². The van der Waals surface area contributed by atoms with Gasteiger partial charge in [0, 0.05) is 45.3 Å². The molecule has 1 heterocycles. The highest BCUT2D eigenvalue weighted by molar-refractivity contribution is 5.79. The van der Waals surface area contributed by atoms with Crippen LogP contribution in [0, 0.1) is 12.8 Å². The topological polar surface area (TPSA) is 64.1 Å². The molecule has 0 spiro atoms. The molecule has 1 saturated heterocycles. The Balaban J connectivity index is 1.54. The number of nitrogens with one attached hydrogen (secondary N) is 2. The Morgan fingerprint density at radius 3 is 2.73 bits per heavy atom. The van der Waals surface area contributed by atoms with Crippen LogP contribution in [0.2, 0.25) is 0 Å². The van der Waals surface area contributed by atoms with Gasteiger partial charge in [-0.25, -0.2) is 0 Å². The summed E-state index contributed by atoms with van der Waals surface area (Å²) in [6.45, 7) is 5.39. The van der Waals surface area contributed by atoms with Crippen LogP contribution in [0.3, 0.4) is 0 Å². The minimum atomic E-state index is 0.134. The first kappa shape index (κ1) is 22.1. The van der Waals surface area contributed by atoms with Gasteiger partial charge in [-0.2, -0.15) is 0 Å². The smallest absolute Gasteiger partial charge is 0.191 e. The zero-order valence-electron chi connectivity index (χ0n) is 18.2. The molecule has 0 aliphatic carbocycles. The van der Waals surface area contributed by atoms with Crippen molar-refractivity contribution in [1.29, 1.82) is 0 Å². The molecule has 2 atom stereocenters. The fraction of sp³-hybridized carbons (Fsp3) is 0.458. The largest absolute Gasteiger partial charge is 0.491 e. The van der Waals surface area contributed by atoms with Crippen LogP contribution in [-0.4, -0.2) is 46.5 Å². The van der Waals surface area contributed by atoms with Gasteiger partial charge in [-0.1, -0.05) is 42.5 Å². The summed E-state index contributed by atoms with van der Waals surface area (Å²) in [4.78, 5) is 4.38. The molecule has 30 heavy (non-hydrogen) atoms. The molecule has 0 saturated carbocycles. The predicted molar refractivity (Wildman–Crippen MR) is 120 cm³/mol. The molecule has 1 aliphatic rings. The number of guanidine groups is 1. The van der Waals surface area contributed by atoms with E-state index in [1.807, 2.05) is 6.07 Å². The fourth-order valence-corrected chi connectivity index (χ4v) is 3.66. The van der Waals surface area contributed by atoms with Crippen molar-refractivity contribution in [3.05, 3.63) is 65.2 Å². The lowest BCUT2D eigenvalue weighted by atomic mass is 9.95. The number of hydrogen-bond donors (Lipinski definition) is 2. The Morgan fingerprint density at radius 2 is 1.97 bits per heavy atom. The molecule has 2 aromatic carbocycles. The second-order valence-corrected chi connectivity index (χ2v) is 7.51. The summed E-state index contributed by atoms with van der Waals surface area (Å²) in [5, 5.41) is 6.86. The Hall–Kier alpha value is -2.57. The average molecular weight is 412 g/mol. The van der Waals surface area contributed by atoms with Crippen molar-refractivity contribution in [2.24, 2.45) is 10.9 Å². The number of benzene rings is 2. The standard InChI is InChI=1S/C24H33N3O3/c1-18-9-10-20(22(15-18)29-14-13-28-3)16-26-24(25-2)27-17-21-11-12-30-23(21)19-7-5-4-6-8-19/h4-10,15,21,23H,11-14,16-17H2,1-3H3,(H2,25,26,27). The van der Waals surface area contributed by atoms with E-state index in [1.54, 1.807) is 14.2 Å². The Kier molecular flexibility index (Phi) is 8.53. The van der Waals surface area contributed by atoms with E-state index in [4.69, 9.17) is 14.2 Å². The van der Waals surface area contributed by atoms with E-state index in [0.29, 0.717) is 25.7 Å². The molecule has 2 N–H and O–H groups in total. The van der Waals surface area contributed by atoms with E-state index in [-0.39, 0.29) is 6.10 Å². The SMILES string of the molecule is CN=C(NCc1ccc(C)cc1OCCOC)NCC1CCOC1c1ccccc1. The minimum Gasteiger partial charge on any atom is -0.491 e. The van der Waals surface area contributed by atoms with Gasteiger partial charge in [0.2, 0.25) is 0 Å². The van der Waals surface area contributed by atoms with E-state index in [0.717, 1.165) is 36.8 Å². The normalized spacial score (nSPS) is 19.0. The lowest BCUT2D eigenvalue weighted by Crippen LogP contribution is -2.40. The number of rotatable bonds is 9. The van der Waals surface area contributed by atoms with Crippen molar-refractivity contribution >= 4 is 5.96 Å². The van der Waals surface area contributed by atoms with Gasteiger partial charge in [0.05, 0.1) is 12.7 Å². The van der Waals surface area contributed by atoms with Crippen LogP contribution in [0.1, 0.15) is 29.2 Å². The molecular formula is C24H33N3O3. The summed E-state index contributed by atoms with van der Waals surface area (Å²) in [5.74, 6) is 2.07. The first-order valence-corrected chi connectivity index (χ1v) is 10.5. The number of methoxy groups -OCH3 is 1. The van der Waals surface area contributed by atoms with Gasteiger partial charge in [-0.3, -0.25) is 4.99 Å². The van der Waals surface area contributed by atoms with Gasteiger partial charge in [0.25, 0.3) is 0 Å². The maximum Gasteiger partial charge on any atom is 0.191 e. The quantitative estimate of drug-likeness (QED) is 0.376. The second kappa shape index (κ2) is 11.6. The third-order valence-corrected chi connectivity index (χ3v) is 5.31. The Morgan fingerprint density at radius 1 is 1.13 bits per heavy atom. The van der Waals surface area contributed by atoms with E-state index in [1.165, 1.54) is 11.1 Å². The van der Waals surface area contributed by atoms with E-state index in [2.05, 4.69) is 65.0 Å². The Bertz CT molecular complexity index is 811. The fourth-order valence-electron chi connectivity index (χ4n) is 3.66. The summed E-state index contributed by atoms with van der Waals surface area (Å²) in [7, 11) is 3.47. The number of aryl methyl sites for hydroxylation is 1. The molecule has 0 radical (unpaired) electrons. The first-order chi connectivity index (χ1) is 14.7. The van der Waals surface area contributed by atoms with Crippen LogP contribution in [0.5, 0.6) is 5.75 Å². The van der Waals surface area contributed by atoms with Gasteiger partial charge in [-0.15, -0.1) is 0 Å². The maximum atomic E-state index is 5.99. The van der Waals surface area contributed by atoms with Crippen molar-refractivity contribution < 1.29 is 14.2 Å². The minimum absolute atomic E-state index is 0.134. The lowest BCUT2D eigenvalue weighted by Gasteiger charge is -2.21. The zero-order valence-corrected chi connectivity index (χ0v) is 18.2. The monoisotopic (exact) mass is 411 g/mol. The molecule has 1 fully saturated rings. The molecule has 2 unspecified atom stereocenters. The highest BCUT2D eigenvalue weighted by Crippen LogP contribution is 2.33. The van der Waals surface area contributed by atoms with Gasteiger partial charge in [0.15, 0.2) is 5.96 Å². The predicted octanol–water partition coefficient (Wildman–Crippen LogP) is 3.46. The van der Waals surface area contributed by atoms with Crippen LogP contribution >= 0.6 is 0 Å². The summed E-state index contributed by atoms with van der Waals surface area (Å²) >= 11 is 0. The molecule has 1 aliphatic heterocycles. The summed E-state index contributed by atoms with van der Waals surface area (Å²) in [6.07, 6.45) is 1.17. The summed E-state index contributed by atoms with van der Waals surface area (Å²) in [5.41, 5.74) is 3.50. The second-order valence-electron chi connectivity index (χ2n) is 7.51. The lowest BCUT2D eigenvalue weighted by molar-refractivity contribution is 0.0915. The third-order valence-electron chi connectivity index (χ3n) is 5.31. The molecule has 0 amide bonds. The van der Waals surface area contributed by atoms with E-state index < -0.39 is 0 Å². The molecular weight excluding hydrogens is 378 g/mol. The highest BCUT2D eigenvalue weighted by Gasteiger charge is 2.29. The highest BCUT2D eigenvalue weighted by atomic mass is 16.5. The molecule has 2 aromatic rings. The molecule has 0 aromatic heterocycles. The number of ether oxygens (including phenoxy) is 3. The van der Waals surface area contributed by atoms with Crippen LogP contribution in [0.15, 0.2) is 53.5 Å². The Labute approximate surface area is 179 Å². The third kappa shape index (κ3) is 6.21. The van der Waals surface area contributed by atoms with Crippen molar-refractivity contribution in [2.75, 3.05) is 40.5 Å². The van der Waals surface area contributed by atoms with Crippen molar-refractivity contribution in [1.82, 2.24) is 10.6 Å². The van der Waals surface area contributed by atoms with Crippen LogP contribution in [-0.2, 0) is 16.0 Å². The van der Waals surface area contributed by atoms with Gasteiger partial charge in [0.1, 0.15) is 12.4 Å². The van der Waals surface area contributed by atoms with Gasteiger partial charge >= 0.3 is 0 Å². The van der Waals surface area contributed by atoms with Crippen molar-refractivity contribution in [3.8, 4) is 5.75 Å². The van der Waals surface area contributed by atoms with Gasteiger partial charge in [-0.05, 0) is 30.5 Å². The molecule has 162 valence electrons. The summed E-state index contributed by atoms with van der Waals surface area (Å²) in [6, 6.07) is 16.7. The average Bonchev–Trinajstić information content (AvgIpc) is 3.24. The molecule has 3 rings (SSSR count). The molecule has 6 heteroatoms. The first-order valence-electron chi connectivity index (χ1n) is 10.5. The number of nitrogens with zero attached hydrogens (tertiary/aromatic N) is 1.